The molecular formula is C20H16O3S3. The zero-order valence-corrected chi connectivity index (χ0v) is 16.7. The van der Waals surface area contributed by atoms with Gasteiger partial charge in [0.1, 0.15) is 11.5 Å². The Hall–Kier alpha value is -1.89. The molecule has 1 unspecified atom stereocenters. The molecule has 26 heavy (non-hydrogen) atoms. The van der Waals surface area contributed by atoms with Gasteiger partial charge in [-0.3, -0.25) is 4.79 Å². The largest absolute Gasteiger partial charge is 0.497 e. The molecule has 2 heterocycles. The number of benzene rings is 2. The standard InChI is InChI=1S/C20H16O3S3/c1-22-15-7-3-13(4-8-15)18-11-19-17(12-21)20(25-26(19)24-18)14-5-9-16(23-2)10-6-14/h3-12H,1-2H3. The van der Waals surface area contributed by atoms with E-state index >= 15 is 0 Å². The summed E-state index contributed by atoms with van der Waals surface area (Å²) in [5, 5.41) is 0. The molecule has 2 aliphatic rings. The second-order valence-electron chi connectivity index (χ2n) is 5.59. The van der Waals surface area contributed by atoms with E-state index in [1.54, 1.807) is 25.0 Å². The molecule has 3 nitrogen and oxygen atoms in total. The number of ether oxygens (including phenoxy) is 2. The Morgan fingerprint density at radius 3 is 1.96 bits per heavy atom. The van der Waals surface area contributed by atoms with Crippen LogP contribution < -0.4 is 9.47 Å². The zero-order valence-electron chi connectivity index (χ0n) is 14.2. The summed E-state index contributed by atoms with van der Waals surface area (Å²) in [6.45, 7) is 0. The predicted molar refractivity (Wildman–Crippen MR) is 115 cm³/mol. The first-order chi connectivity index (χ1) is 12.7. The fourth-order valence-corrected chi connectivity index (χ4v) is 9.79. The van der Waals surface area contributed by atoms with Gasteiger partial charge in [-0.1, -0.05) is 54.4 Å². The van der Waals surface area contributed by atoms with Gasteiger partial charge in [0.25, 0.3) is 0 Å². The summed E-state index contributed by atoms with van der Waals surface area (Å²) in [5.41, 5.74) is 3.02. The van der Waals surface area contributed by atoms with Crippen LogP contribution in [0, 0.1) is 0 Å². The molecule has 0 N–H and O–H groups in total. The Bertz CT molecular complexity index is 955. The van der Waals surface area contributed by atoms with Gasteiger partial charge in [-0.05, 0) is 41.5 Å². The first-order valence-corrected chi connectivity index (χ1v) is 11.8. The van der Waals surface area contributed by atoms with Crippen LogP contribution >= 0.6 is 30.1 Å². The van der Waals surface area contributed by atoms with Crippen molar-refractivity contribution in [1.29, 1.82) is 0 Å². The van der Waals surface area contributed by atoms with Crippen molar-refractivity contribution in [3.05, 3.63) is 71.3 Å². The van der Waals surface area contributed by atoms with Crippen LogP contribution in [0.15, 0.2) is 60.2 Å². The lowest BCUT2D eigenvalue weighted by Gasteiger charge is -2.09. The Labute approximate surface area is 162 Å². The Kier molecular flexibility index (Phi) is 4.98. The molecule has 6 heteroatoms. The van der Waals surface area contributed by atoms with Crippen molar-refractivity contribution in [3.8, 4) is 11.5 Å². The fraction of sp³-hybridized carbons (Fsp3) is 0.100. The minimum atomic E-state index is -0.0837. The Morgan fingerprint density at radius 1 is 0.846 bits per heavy atom. The highest BCUT2D eigenvalue weighted by molar-refractivity contribution is 9.19. The van der Waals surface area contributed by atoms with E-state index in [9.17, 15) is 4.79 Å². The van der Waals surface area contributed by atoms with E-state index in [1.807, 2.05) is 47.2 Å². The molecule has 4 rings (SSSR count). The first-order valence-electron chi connectivity index (χ1n) is 7.91. The van der Waals surface area contributed by atoms with E-state index in [4.69, 9.17) is 9.47 Å². The summed E-state index contributed by atoms with van der Waals surface area (Å²) < 4.78 is 10.4. The van der Waals surface area contributed by atoms with E-state index in [0.29, 0.717) is 0 Å². The molecule has 1 atom stereocenters. The van der Waals surface area contributed by atoms with Crippen LogP contribution in [0.4, 0.5) is 0 Å². The van der Waals surface area contributed by atoms with Crippen molar-refractivity contribution < 1.29 is 14.3 Å². The molecule has 2 aromatic carbocycles. The normalized spacial score (nSPS) is 18.6. The molecule has 0 aliphatic carbocycles. The van der Waals surface area contributed by atoms with Crippen molar-refractivity contribution in [2.75, 3.05) is 14.2 Å². The number of hydrogen-bond acceptors (Lipinski definition) is 5. The molecule has 0 aromatic heterocycles. The third kappa shape index (κ3) is 3.13. The number of carbonyl (C=O) groups excluding carboxylic acids is 1. The van der Waals surface area contributed by atoms with Gasteiger partial charge in [0.2, 0.25) is 0 Å². The van der Waals surface area contributed by atoms with Crippen molar-refractivity contribution in [2.24, 2.45) is 0 Å². The second-order valence-corrected chi connectivity index (χ2v) is 11.3. The highest BCUT2D eigenvalue weighted by atomic mass is 33.5. The van der Waals surface area contributed by atoms with E-state index in [1.165, 1.54) is 4.91 Å². The molecule has 0 bridgehead atoms. The summed E-state index contributed by atoms with van der Waals surface area (Å²) in [5.74, 6) is 1.66. The van der Waals surface area contributed by atoms with Crippen LogP contribution in [-0.2, 0) is 4.79 Å². The maximum Gasteiger partial charge on any atom is 0.152 e. The van der Waals surface area contributed by atoms with Crippen LogP contribution in [-0.4, -0.2) is 25.4 Å². The van der Waals surface area contributed by atoms with Crippen LogP contribution in [0.5, 0.6) is 11.5 Å². The summed E-state index contributed by atoms with van der Waals surface area (Å²) in [6.07, 6.45) is 3.14. The number of rotatable bonds is 5. The smallest absolute Gasteiger partial charge is 0.152 e. The molecule has 2 aromatic rings. The summed E-state index contributed by atoms with van der Waals surface area (Å²) in [4.78, 5) is 15.2. The Morgan fingerprint density at radius 2 is 1.42 bits per heavy atom. The molecule has 2 aliphatic heterocycles. The quantitative estimate of drug-likeness (QED) is 0.380. The number of aldehydes is 1. The molecule has 0 radical (unpaired) electrons. The minimum Gasteiger partial charge on any atom is -0.497 e. The molecule has 0 amide bonds. The lowest BCUT2D eigenvalue weighted by atomic mass is 10.1. The van der Waals surface area contributed by atoms with E-state index in [0.717, 1.165) is 44.3 Å². The van der Waals surface area contributed by atoms with Crippen LogP contribution in [0.25, 0.3) is 9.81 Å². The molecular weight excluding hydrogens is 384 g/mol. The summed E-state index contributed by atoms with van der Waals surface area (Å²) in [7, 11) is 6.83. The number of carbonyl (C=O) groups is 1. The van der Waals surface area contributed by atoms with Crippen molar-refractivity contribution >= 4 is 51.1 Å². The molecule has 0 saturated heterocycles. The van der Waals surface area contributed by atoms with Gasteiger partial charge in [-0.25, -0.2) is 0 Å². The SMILES string of the molecule is COc1ccc(C2=CC3=S(S2)SC(c2ccc(OC)cc2)=C3C=O)cc1. The average molecular weight is 401 g/mol. The van der Waals surface area contributed by atoms with Crippen LogP contribution in [0.1, 0.15) is 11.1 Å². The minimum absolute atomic E-state index is 0.0837. The van der Waals surface area contributed by atoms with E-state index < -0.39 is 0 Å². The summed E-state index contributed by atoms with van der Waals surface area (Å²) in [6, 6.07) is 15.9. The third-order valence-electron chi connectivity index (χ3n) is 4.12. The van der Waals surface area contributed by atoms with E-state index in [2.05, 4.69) is 18.2 Å². The zero-order chi connectivity index (χ0) is 18.1. The van der Waals surface area contributed by atoms with Gasteiger partial charge >= 0.3 is 0 Å². The van der Waals surface area contributed by atoms with Gasteiger partial charge in [-0.15, -0.1) is 0 Å². The monoisotopic (exact) mass is 400 g/mol. The number of methoxy groups -OCH3 is 2. The summed E-state index contributed by atoms with van der Waals surface area (Å²) >= 11 is 0. The van der Waals surface area contributed by atoms with Gasteiger partial charge < -0.3 is 9.47 Å². The number of hydrogen-bond donors (Lipinski definition) is 0. The first kappa shape index (κ1) is 17.5. The van der Waals surface area contributed by atoms with Crippen LogP contribution in [0.3, 0.4) is 0 Å². The molecule has 0 saturated carbocycles. The predicted octanol–water partition coefficient (Wildman–Crippen LogP) is 5.42. The van der Waals surface area contributed by atoms with Crippen molar-refractivity contribution in [1.82, 2.24) is 0 Å². The maximum absolute atomic E-state index is 11.8. The van der Waals surface area contributed by atoms with E-state index in [-0.39, 0.29) is 8.55 Å². The average Bonchev–Trinajstić information content (AvgIpc) is 3.26. The lowest BCUT2D eigenvalue weighted by Crippen LogP contribution is -1.97. The fourth-order valence-electron chi connectivity index (χ4n) is 2.72. The highest BCUT2D eigenvalue weighted by Crippen LogP contribution is 2.64. The lowest BCUT2D eigenvalue weighted by molar-refractivity contribution is -0.104. The third-order valence-corrected chi connectivity index (χ3v) is 10.5. The highest BCUT2D eigenvalue weighted by Gasteiger charge is 2.30. The van der Waals surface area contributed by atoms with Crippen molar-refractivity contribution in [2.45, 2.75) is 0 Å². The van der Waals surface area contributed by atoms with Crippen molar-refractivity contribution in [3.63, 3.8) is 0 Å². The van der Waals surface area contributed by atoms with Gasteiger partial charge in [0.15, 0.2) is 6.29 Å². The molecule has 0 fully saturated rings. The van der Waals surface area contributed by atoms with Gasteiger partial charge in [-0.2, -0.15) is 0 Å². The molecule has 0 spiro atoms. The Balaban J connectivity index is 1.65. The molecule has 132 valence electrons. The topological polar surface area (TPSA) is 35.5 Å². The second kappa shape index (κ2) is 7.39. The van der Waals surface area contributed by atoms with Crippen LogP contribution in [0.2, 0.25) is 0 Å². The van der Waals surface area contributed by atoms with Gasteiger partial charge in [0, 0.05) is 20.2 Å². The number of allylic oxidation sites excluding steroid dienone is 2. The maximum atomic E-state index is 11.8. The van der Waals surface area contributed by atoms with Gasteiger partial charge in [0.05, 0.1) is 14.2 Å².